The minimum atomic E-state index is -3.42. The van der Waals surface area contributed by atoms with Crippen molar-refractivity contribution in [3.05, 3.63) is 17.5 Å². The van der Waals surface area contributed by atoms with Crippen molar-refractivity contribution in [1.82, 2.24) is 9.62 Å². The summed E-state index contributed by atoms with van der Waals surface area (Å²) in [6.45, 7) is 4.88. The lowest BCUT2D eigenvalue weighted by molar-refractivity contribution is -0.129. The van der Waals surface area contributed by atoms with E-state index in [4.69, 9.17) is 0 Å². The Bertz CT molecular complexity index is 537. The third-order valence-corrected chi connectivity index (χ3v) is 6.00. The van der Waals surface area contributed by atoms with E-state index in [0.717, 1.165) is 0 Å². The SMILES string of the molecule is CC(C)N1CC(CNS(=O)(=O)c2cccs2)CC1=O. The molecule has 19 heavy (non-hydrogen) atoms. The molecular weight excluding hydrogens is 284 g/mol. The third kappa shape index (κ3) is 3.34. The van der Waals surface area contributed by atoms with Crippen molar-refractivity contribution in [2.24, 2.45) is 5.92 Å². The predicted molar refractivity (Wildman–Crippen MR) is 74.5 cm³/mol. The Kier molecular flexibility index (Phi) is 4.27. The highest BCUT2D eigenvalue weighted by Gasteiger charge is 2.31. The summed E-state index contributed by atoms with van der Waals surface area (Å²) in [5.74, 6) is 0.167. The van der Waals surface area contributed by atoms with Crippen LogP contribution in [0, 0.1) is 5.92 Å². The summed E-state index contributed by atoms with van der Waals surface area (Å²) in [7, 11) is -3.42. The lowest BCUT2D eigenvalue weighted by Crippen LogP contribution is -2.34. The van der Waals surface area contributed by atoms with Gasteiger partial charge in [0.2, 0.25) is 15.9 Å². The van der Waals surface area contributed by atoms with Crippen LogP contribution in [0.15, 0.2) is 21.7 Å². The standard InChI is InChI=1S/C12H18N2O3S2/c1-9(2)14-8-10(6-11(14)15)7-13-19(16,17)12-4-3-5-18-12/h3-5,9-10,13H,6-8H2,1-2H3. The van der Waals surface area contributed by atoms with Crippen LogP contribution in [0.4, 0.5) is 0 Å². The molecule has 0 aliphatic carbocycles. The maximum atomic E-state index is 11.9. The van der Waals surface area contributed by atoms with Crippen LogP contribution in [0.25, 0.3) is 0 Å². The second kappa shape index (κ2) is 5.60. The average molecular weight is 302 g/mol. The highest BCUT2D eigenvalue weighted by Crippen LogP contribution is 2.21. The molecule has 1 aromatic heterocycles. The average Bonchev–Trinajstić information content (AvgIpc) is 2.95. The van der Waals surface area contributed by atoms with Gasteiger partial charge < -0.3 is 4.90 Å². The first-order valence-corrected chi connectivity index (χ1v) is 8.59. The molecule has 0 spiro atoms. The van der Waals surface area contributed by atoms with Crippen LogP contribution in [0.2, 0.25) is 0 Å². The number of nitrogens with zero attached hydrogens (tertiary/aromatic N) is 1. The lowest BCUT2D eigenvalue weighted by atomic mass is 10.1. The largest absolute Gasteiger partial charge is 0.340 e. The smallest absolute Gasteiger partial charge is 0.250 e. The van der Waals surface area contributed by atoms with Gasteiger partial charge in [0.1, 0.15) is 4.21 Å². The lowest BCUT2D eigenvalue weighted by Gasteiger charge is -2.20. The van der Waals surface area contributed by atoms with Gasteiger partial charge in [-0.3, -0.25) is 4.79 Å². The Balaban J connectivity index is 1.92. The van der Waals surface area contributed by atoms with Crippen molar-refractivity contribution < 1.29 is 13.2 Å². The molecule has 1 amide bonds. The summed E-state index contributed by atoms with van der Waals surface area (Å²) in [4.78, 5) is 13.5. The molecule has 1 saturated heterocycles. The van der Waals surface area contributed by atoms with Crippen molar-refractivity contribution in [1.29, 1.82) is 0 Å². The number of hydrogen-bond acceptors (Lipinski definition) is 4. The summed E-state index contributed by atoms with van der Waals surface area (Å²) in [5, 5.41) is 1.73. The van der Waals surface area contributed by atoms with E-state index in [1.54, 1.807) is 22.4 Å². The van der Waals surface area contributed by atoms with Gasteiger partial charge >= 0.3 is 0 Å². The van der Waals surface area contributed by atoms with Crippen LogP contribution in [-0.2, 0) is 14.8 Å². The maximum absolute atomic E-state index is 11.9. The zero-order valence-electron chi connectivity index (χ0n) is 11.0. The van der Waals surface area contributed by atoms with E-state index in [-0.39, 0.29) is 17.9 Å². The Labute approximate surface area is 117 Å². The van der Waals surface area contributed by atoms with Crippen LogP contribution >= 0.6 is 11.3 Å². The molecule has 1 fully saturated rings. The Morgan fingerprint density at radius 2 is 2.26 bits per heavy atom. The first-order valence-electron chi connectivity index (χ1n) is 6.23. The topological polar surface area (TPSA) is 66.5 Å². The Morgan fingerprint density at radius 1 is 1.53 bits per heavy atom. The molecule has 5 nitrogen and oxygen atoms in total. The second-order valence-electron chi connectivity index (χ2n) is 4.99. The number of thiophene rings is 1. The quantitative estimate of drug-likeness (QED) is 0.891. The molecule has 1 aromatic rings. The Hall–Kier alpha value is -0.920. The van der Waals surface area contributed by atoms with Crippen LogP contribution < -0.4 is 4.72 Å². The fourth-order valence-corrected chi connectivity index (χ4v) is 4.31. The molecule has 0 radical (unpaired) electrons. The van der Waals surface area contributed by atoms with Crippen molar-refractivity contribution in [2.45, 2.75) is 30.5 Å². The molecule has 1 unspecified atom stereocenters. The van der Waals surface area contributed by atoms with E-state index in [1.165, 1.54) is 11.3 Å². The molecule has 106 valence electrons. The van der Waals surface area contributed by atoms with Gasteiger partial charge in [0.25, 0.3) is 0 Å². The molecule has 1 aliphatic rings. The zero-order valence-corrected chi connectivity index (χ0v) is 12.6. The highest BCUT2D eigenvalue weighted by atomic mass is 32.2. The minimum Gasteiger partial charge on any atom is -0.340 e. The molecule has 7 heteroatoms. The van der Waals surface area contributed by atoms with Gasteiger partial charge in [-0.1, -0.05) is 6.07 Å². The molecule has 2 rings (SSSR count). The number of amides is 1. The number of hydrogen-bond donors (Lipinski definition) is 1. The molecule has 1 aliphatic heterocycles. The molecule has 0 aromatic carbocycles. The van der Waals surface area contributed by atoms with Gasteiger partial charge in [0, 0.05) is 25.6 Å². The summed E-state index contributed by atoms with van der Waals surface area (Å²) in [6, 6.07) is 3.46. The van der Waals surface area contributed by atoms with Crippen LogP contribution in [0.1, 0.15) is 20.3 Å². The monoisotopic (exact) mass is 302 g/mol. The first kappa shape index (κ1) is 14.5. The molecule has 1 atom stereocenters. The fourth-order valence-electron chi connectivity index (χ4n) is 2.16. The van der Waals surface area contributed by atoms with Gasteiger partial charge in [-0.15, -0.1) is 11.3 Å². The third-order valence-electron chi connectivity index (χ3n) is 3.18. The number of nitrogens with one attached hydrogen (secondary N) is 1. The summed E-state index contributed by atoms with van der Waals surface area (Å²) in [5.41, 5.74) is 0. The number of carbonyl (C=O) groups excluding carboxylic acids is 1. The molecule has 2 heterocycles. The van der Waals surface area contributed by atoms with E-state index < -0.39 is 10.0 Å². The summed E-state index contributed by atoms with van der Waals surface area (Å²) < 4.78 is 26.8. The molecule has 0 saturated carbocycles. The van der Waals surface area contributed by atoms with Gasteiger partial charge in [-0.2, -0.15) is 0 Å². The highest BCUT2D eigenvalue weighted by molar-refractivity contribution is 7.91. The van der Waals surface area contributed by atoms with E-state index in [9.17, 15) is 13.2 Å². The van der Waals surface area contributed by atoms with Crippen molar-refractivity contribution in [3.8, 4) is 0 Å². The molecule has 1 N–H and O–H groups in total. The zero-order chi connectivity index (χ0) is 14.0. The fraction of sp³-hybridized carbons (Fsp3) is 0.583. The van der Waals surface area contributed by atoms with Gasteiger partial charge in [-0.25, -0.2) is 13.1 Å². The van der Waals surface area contributed by atoms with E-state index in [1.807, 2.05) is 13.8 Å². The first-order chi connectivity index (χ1) is 8.90. The summed E-state index contributed by atoms with van der Waals surface area (Å²) in [6.07, 6.45) is 0.422. The van der Waals surface area contributed by atoms with Gasteiger partial charge in [0.15, 0.2) is 0 Å². The van der Waals surface area contributed by atoms with Crippen molar-refractivity contribution >= 4 is 27.3 Å². The summed E-state index contributed by atoms with van der Waals surface area (Å²) >= 11 is 1.19. The van der Waals surface area contributed by atoms with Crippen LogP contribution in [0.5, 0.6) is 0 Å². The second-order valence-corrected chi connectivity index (χ2v) is 7.94. The van der Waals surface area contributed by atoms with Crippen LogP contribution in [0.3, 0.4) is 0 Å². The molecular formula is C12H18N2O3S2. The normalized spacial score (nSPS) is 20.5. The maximum Gasteiger partial charge on any atom is 0.250 e. The van der Waals surface area contributed by atoms with E-state index in [2.05, 4.69) is 4.72 Å². The van der Waals surface area contributed by atoms with Crippen molar-refractivity contribution in [3.63, 3.8) is 0 Å². The van der Waals surface area contributed by atoms with E-state index >= 15 is 0 Å². The number of rotatable bonds is 5. The van der Waals surface area contributed by atoms with E-state index in [0.29, 0.717) is 23.7 Å². The van der Waals surface area contributed by atoms with Crippen LogP contribution in [-0.4, -0.2) is 38.4 Å². The minimum absolute atomic E-state index is 0.0598. The Morgan fingerprint density at radius 3 is 2.79 bits per heavy atom. The molecule has 0 bridgehead atoms. The number of sulfonamides is 1. The van der Waals surface area contributed by atoms with Gasteiger partial charge in [0.05, 0.1) is 0 Å². The number of likely N-dealkylation sites (tertiary alicyclic amines) is 1. The number of carbonyl (C=O) groups is 1. The van der Waals surface area contributed by atoms with Gasteiger partial charge in [-0.05, 0) is 31.2 Å². The van der Waals surface area contributed by atoms with Crippen molar-refractivity contribution in [2.75, 3.05) is 13.1 Å². The predicted octanol–water partition coefficient (Wildman–Crippen LogP) is 1.28.